The summed E-state index contributed by atoms with van der Waals surface area (Å²) in [6, 6.07) is 9.24. The maximum atomic E-state index is 5.88. The first-order valence-corrected chi connectivity index (χ1v) is 7.98. The summed E-state index contributed by atoms with van der Waals surface area (Å²) in [4.78, 5) is 0. The fraction of sp³-hybridized carbons (Fsp3) is 0.500. The van der Waals surface area contributed by atoms with Crippen LogP contribution in [0, 0.1) is 5.92 Å². The topological polar surface area (TPSA) is 21.3 Å². The van der Waals surface area contributed by atoms with Gasteiger partial charge < -0.3 is 10.1 Å². The minimum atomic E-state index is 0.396. The van der Waals surface area contributed by atoms with Crippen molar-refractivity contribution >= 4 is 21.4 Å². The third kappa shape index (κ3) is 2.31. The van der Waals surface area contributed by atoms with E-state index in [1.807, 2.05) is 11.3 Å². The Balaban J connectivity index is 2.00. The van der Waals surface area contributed by atoms with Crippen LogP contribution < -0.4 is 5.32 Å². The second-order valence-electron chi connectivity index (χ2n) is 5.22. The lowest BCUT2D eigenvalue weighted by Gasteiger charge is -2.27. The molecule has 2 nitrogen and oxygen atoms in total. The van der Waals surface area contributed by atoms with E-state index in [1.165, 1.54) is 15.6 Å². The van der Waals surface area contributed by atoms with Crippen LogP contribution in [-0.4, -0.2) is 19.8 Å². The van der Waals surface area contributed by atoms with Crippen molar-refractivity contribution in [2.75, 3.05) is 13.7 Å². The van der Waals surface area contributed by atoms with Crippen LogP contribution in [0.2, 0.25) is 0 Å². The molecule has 1 aromatic heterocycles. The third-order valence-electron chi connectivity index (χ3n) is 4.25. The highest BCUT2D eigenvalue weighted by Crippen LogP contribution is 2.38. The van der Waals surface area contributed by atoms with Gasteiger partial charge in [0.15, 0.2) is 0 Å². The van der Waals surface area contributed by atoms with Crippen molar-refractivity contribution in [2.24, 2.45) is 5.92 Å². The van der Waals surface area contributed by atoms with Gasteiger partial charge in [-0.15, -0.1) is 11.3 Å². The molecule has 2 aromatic rings. The summed E-state index contributed by atoms with van der Waals surface area (Å²) in [5.41, 5.74) is 1.43. The molecular formula is C16H21NOS. The average molecular weight is 275 g/mol. The van der Waals surface area contributed by atoms with Crippen LogP contribution in [0.15, 0.2) is 29.6 Å². The lowest BCUT2D eigenvalue weighted by Crippen LogP contribution is -2.30. The first-order valence-electron chi connectivity index (χ1n) is 7.10. The normalized spacial score (nSPS) is 24.9. The lowest BCUT2D eigenvalue weighted by molar-refractivity contribution is 0.0784. The molecule has 1 saturated heterocycles. The fourth-order valence-electron chi connectivity index (χ4n) is 3.33. The number of thiophene rings is 1. The summed E-state index contributed by atoms with van der Waals surface area (Å²) in [5.74, 6) is 0.586. The van der Waals surface area contributed by atoms with E-state index in [0.717, 1.165) is 19.4 Å². The van der Waals surface area contributed by atoms with Gasteiger partial charge in [0.1, 0.15) is 0 Å². The molecule has 0 amide bonds. The summed E-state index contributed by atoms with van der Waals surface area (Å²) in [7, 11) is 2.07. The van der Waals surface area contributed by atoms with Crippen LogP contribution in [0.4, 0.5) is 0 Å². The van der Waals surface area contributed by atoms with Crippen LogP contribution in [0.5, 0.6) is 0 Å². The zero-order valence-electron chi connectivity index (χ0n) is 11.6. The molecule has 0 saturated carbocycles. The molecule has 3 heteroatoms. The highest BCUT2D eigenvalue weighted by Gasteiger charge is 2.34. The van der Waals surface area contributed by atoms with Crippen molar-refractivity contribution in [1.82, 2.24) is 5.32 Å². The molecule has 1 aromatic carbocycles. The summed E-state index contributed by atoms with van der Waals surface area (Å²) >= 11 is 1.84. The summed E-state index contributed by atoms with van der Waals surface area (Å²) in [6.45, 7) is 3.13. The maximum Gasteiger partial charge on any atom is 0.0619 e. The second kappa shape index (κ2) is 5.61. The number of nitrogens with one attached hydrogen (secondary N) is 1. The van der Waals surface area contributed by atoms with Crippen LogP contribution in [0.25, 0.3) is 10.1 Å². The van der Waals surface area contributed by atoms with Crippen LogP contribution in [-0.2, 0) is 4.74 Å². The molecule has 3 rings (SSSR count). The number of hydrogen-bond donors (Lipinski definition) is 1. The fourth-order valence-corrected chi connectivity index (χ4v) is 4.28. The van der Waals surface area contributed by atoms with E-state index >= 15 is 0 Å². The molecule has 1 aliphatic heterocycles. The van der Waals surface area contributed by atoms with E-state index in [4.69, 9.17) is 4.74 Å². The Morgan fingerprint density at radius 2 is 2.32 bits per heavy atom. The molecule has 0 radical (unpaired) electrons. The number of rotatable bonds is 4. The number of ether oxygens (including phenoxy) is 1. The second-order valence-corrected chi connectivity index (χ2v) is 6.14. The Morgan fingerprint density at radius 1 is 1.42 bits per heavy atom. The smallest absolute Gasteiger partial charge is 0.0619 e. The van der Waals surface area contributed by atoms with E-state index in [1.54, 1.807) is 0 Å². The molecule has 3 unspecified atom stereocenters. The van der Waals surface area contributed by atoms with E-state index in [2.05, 4.69) is 48.9 Å². The van der Waals surface area contributed by atoms with Crippen molar-refractivity contribution in [3.63, 3.8) is 0 Å². The molecule has 19 heavy (non-hydrogen) atoms. The molecule has 1 aliphatic rings. The van der Waals surface area contributed by atoms with Gasteiger partial charge in [0.25, 0.3) is 0 Å². The van der Waals surface area contributed by atoms with E-state index < -0.39 is 0 Å². The van der Waals surface area contributed by atoms with Crippen molar-refractivity contribution < 1.29 is 4.74 Å². The maximum absolute atomic E-state index is 5.88. The van der Waals surface area contributed by atoms with Crippen molar-refractivity contribution in [3.05, 3.63) is 35.2 Å². The average Bonchev–Trinajstić information content (AvgIpc) is 3.08. The summed E-state index contributed by atoms with van der Waals surface area (Å²) in [5, 5.41) is 7.07. The highest BCUT2D eigenvalue weighted by atomic mass is 32.1. The number of benzene rings is 1. The van der Waals surface area contributed by atoms with Crippen molar-refractivity contribution in [3.8, 4) is 0 Å². The van der Waals surface area contributed by atoms with Gasteiger partial charge in [0.05, 0.1) is 6.10 Å². The largest absolute Gasteiger partial charge is 0.378 e. The summed E-state index contributed by atoms with van der Waals surface area (Å²) < 4.78 is 7.30. The molecule has 1 fully saturated rings. The molecule has 102 valence electrons. The minimum Gasteiger partial charge on any atom is -0.378 e. The van der Waals surface area contributed by atoms with Crippen LogP contribution >= 0.6 is 11.3 Å². The zero-order valence-corrected chi connectivity index (χ0v) is 12.4. The van der Waals surface area contributed by atoms with E-state index in [0.29, 0.717) is 18.1 Å². The van der Waals surface area contributed by atoms with E-state index in [9.17, 15) is 0 Å². The van der Waals surface area contributed by atoms with Crippen molar-refractivity contribution in [2.45, 2.75) is 31.9 Å². The zero-order chi connectivity index (χ0) is 13.2. The molecule has 3 atom stereocenters. The van der Waals surface area contributed by atoms with Gasteiger partial charge in [-0.2, -0.15) is 0 Å². The Bertz CT molecular complexity index is 550. The van der Waals surface area contributed by atoms with Gasteiger partial charge in [0, 0.05) is 23.3 Å². The van der Waals surface area contributed by atoms with Gasteiger partial charge in [0.2, 0.25) is 0 Å². The van der Waals surface area contributed by atoms with Gasteiger partial charge in [-0.1, -0.05) is 25.1 Å². The van der Waals surface area contributed by atoms with E-state index in [-0.39, 0.29) is 0 Å². The first kappa shape index (κ1) is 13.1. The standard InChI is InChI=1S/C16H21NOS/c1-3-14-12(7-9-18-14)15(17-2)13-6-4-5-11-8-10-19-16(11)13/h4-6,8,10,12,14-15,17H,3,7,9H2,1-2H3. The SMILES string of the molecule is CCC1OCCC1C(NC)c1cccc2ccsc12. The molecular weight excluding hydrogens is 254 g/mol. The quantitative estimate of drug-likeness (QED) is 0.911. The Labute approximate surface area is 118 Å². The monoisotopic (exact) mass is 275 g/mol. The van der Waals surface area contributed by atoms with Crippen LogP contribution in [0.1, 0.15) is 31.4 Å². The van der Waals surface area contributed by atoms with Crippen LogP contribution in [0.3, 0.4) is 0 Å². The molecule has 0 aliphatic carbocycles. The molecule has 1 N–H and O–H groups in total. The van der Waals surface area contributed by atoms with Gasteiger partial charge in [-0.3, -0.25) is 0 Å². The van der Waals surface area contributed by atoms with Gasteiger partial charge in [-0.05, 0) is 42.3 Å². The minimum absolute atomic E-state index is 0.396. The molecule has 0 bridgehead atoms. The number of hydrogen-bond acceptors (Lipinski definition) is 3. The Kier molecular flexibility index (Phi) is 3.87. The van der Waals surface area contributed by atoms with Gasteiger partial charge >= 0.3 is 0 Å². The molecule has 0 spiro atoms. The lowest BCUT2D eigenvalue weighted by atomic mass is 9.86. The predicted molar refractivity (Wildman–Crippen MR) is 81.8 cm³/mol. The Hall–Kier alpha value is -0.900. The number of fused-ring (bicyclic) bond motifs is 1. The van der Waals surface area contributed by atoms with Crippen molar-refractivity contribution in [1.29, 1.82) is 0 Å². The highest BCUT2D eigenvalue weighted by molar-refractivity contribution is 7.17. The third-order valence-corrected chi connectivity index (χ3v) is 5.23. The Morgan fingerprint density at radius 3 is 3.11 bits per heavy atom. The first-order chi connectivity index (χ1) is 9.35. The summed E-state index contributed by atoms with van der Waals surface area (Å²) in [6.07, 6.45) is 2.65. The predicted octanol–water partition coefficient (Wildman–Crippen LogP) is 3.98. The van der Waals surface area contributed by atoms with Gasteiger partial charge in [-0.25, -0.2) is 0 Å². The molecule has 2 heterocycles.